The lowest BCUT2D eigenvalue weighted by atomic mass is 10.1. The van der Waals surface area contributed by atoms with Crippen molar-refractivity contribution in [2.45, 2.75) is 45.1 Å². The molecule has 198 valence electrons. The van der Waals surface area contributed by atoms with E-state index in [-0.39, 0.29) is 46.1 Å². The first-order valence-electron chi connectivity index (χ1n) is 11.7. The van der Waals surface area contributed by atoms with Gasteiger partial charge in [-0.2, -0.15) is 0 Å². The van der Waals surface area contributed by atoms with Gasteiger partial charge in [-0.25, -0.2) is 32.6 Å². The highest BCUT2D eigenvalue weighted by molar-refractivity contribution is 7.92. The highest BCUT2D eigenvalue weighted by atomic mass is 35.5. The Balaban J connectivity index is 1.72. The number of carbonyl (C=O) groups is 1. The van der Waals surface area contributed by atoms with Crippen molar-refractivity contribution >= 4 is 39.4 Å². The third-order valence-electron chi connectivity index (χ3n) is 5.56. The number of nitrogens with one attached hydrogen (secondary N) is 4. The van der Waals surface area contributed by atoms with E-state index in [0.717, 1.165) is 12.8 Å². The lowest BCUT2D eigenvalue weighted by Gasteiger charge is -2.13. The third-order valence-corrected chi connectivity index (χ3v) is 7.26. The molecule has 4 rings (SSSR count). The average molecular weight is 552 g/mol. The van der Waals surface area contributed by atoms with Gasteiger partial charge in [0.25, 0.3) is 0 Å². The second kappa shape index (κ2) is 10.9. The minimum Gasteiger partial charge on any atom is -0.465 e. The number of imidazole rings is 1. The predicted molar refractivity (Wildman–Crippen MR) is 139 cm³/mol. The molecule has 1 amide bonds. The number of aromatic nitrogens is 4. The first-order valence-corrected chi connectivity index (χ1v) is 13.8. The zero-order valence-electron chi connectivity index (χ0n) is 20.2. The normalized spacial score (nSPS) is 14.3. The quantitative estimate of drug-likeness (QED) is 0.234. The van der Waals surface area contributed by atoms with Crippen LogP contribution in [0, 0.1) is 5.82 Å². The summed E-state index contributed by atoms with van der Waals surface area (Å²) in [6.07, 6.45) is 2.63. The fourth-order valence-corrected chi connectivity index (χ4v) is 5.08. The lowest BCUT2D eigenvalue weighted by Crippen LogP contribution is -2.36. The van der Waals surface area contributed by atoms with Gasteiger partial charge in [0.05, 0.1) is 22.8 Å². The number of nitrogens with zero attached hydrogens (tertiary/aromatic N) is 3. The van der Waals surface area contributed by atoms with Gasteiger partial charge in [0.1, 0.15) is 11.5 Å². The molecule has 1 aliphatic carbocycles. The van der Waals surface area contributed by atoms with E-state index in [4.69, 9.17) is 16.7 Å². The van der Waals surface area contributed by atoms with Gasteiger partial charge in [0.2, 0.25) is 16.0 Å². The Bertz CT molecular complexity index is 1410. The molecule has 14 heteroatoms. The molecule has 0 aliphatic heterocycles. The summed E-state index contributed by atoms with van der Waals surface area (Å²) >= 11 is 6.27. The highest BCUT2D eigenvalue weighted by Crippen LogP contribution is 2.43. The average Bonchev–Trinajstić information content (AvgIpc) is 3.58. The fourth-order valence-electron chi connectivity index (χ4n) is 3.73. The van der Waals surface area contributed by atoms with Crippen LogP contribution in [0.25, 0.3) is 22.6 Å². The van der Waals surface area contributed by atoms with Crippen LogP contribution in [0.2, 0.25) is 5.02 Å². The number of benzene rings is 1. The van der Waals surface area contributed by atoms with E-state index in [0.29, 0.717) is 23.6 Å². The van der Waals surface area contributed by atoms with Gasteiger partial charge in [0.15, 0.2) is 5.82 Å². The largest absolute Gasteiger partial charge is 0.465 e. The fraction of sp³-hybridized carbons (Fsp3) is 0.391. The van der Waals surface area contributed by atoms with Gasteiger partial charge >= 0.3 is 6.09 Å². The molecule has 0 bridgehead atoms. The molecule has 0 spiro atoms. The van der Waals surface area contributed by atoms with Crippen LogP contribution in [0.4, 0.5) is 20.8 Å². The van der Waals surface area contributed by atoms with Gasteiger partial charge in [-0.05, 0) is 44.4 Å². The Morgan fingerprint density at radius 3 is 2.76 bits per heavy atom. The van der Waals surface area contributed by atoms with Crippen LogP contribution >= 0.6 is 11.6 Å². The molecule has 3 aromatic rings. The van der Waals surface area contributed by atoms with Crippen LogP contribution in [0.1, 0.15) is 44.9 Å². The molecule has 0 saturated heterocycles. The van der Waals surface area contributed by atoms with E-state index < -0.39 is 28.0 Å². The summed E-state index contributed by atoms with van der Waals surface area (Å²) in [5.74, 6) is 0.153. The van der Waals surface area contributed by atoms with E-state index in [9.17, 15) is 13.2 Å². The van der Waals surface area contributed by atoms with E-state index >= 15 is 4.39 Å². The molecule has 1 fully saturated rings. The minimum atomic E-state index is -3.76. The Hall–Kier alpha value is -3.45. The molecule has 1 atom stereocenters. The lowest BCUT2D eigenvalue weighted by molar-refractivity contribution is 0.191. The van der Waals surface area contributed by atoms with Crippen molar-refractivity contribution in [2.24, 2.45) is 0 Å². The molecular weight excluding hydrogens is 525 g/mol. The number of carboxylic acid groups (broad SMARTS) is 1. The van der Waals surface area contributed by atoms with Crippen molar-refractivity contribution < 1.29 is 22.7 Å². The van der Waals surface area contributed by atoms with Gasteiger partial charge in [-0.15, -0.1) is 0 Å². The van der Waals surface area contributed by atoms with E-state index in [1.54, 1.807) is 19.9 Å². The molecule has 2 heterocycles. The van der Waals surface area contributed by atoms with E-state index in [2.05, 4.69) is 35.3 Å². The maximum Gasteiger partial charge on any atom is 0.404 e. The standard InChI is InChI=1S/C23H27ClFN7O4S/c1-3-8-37(35,36)32-17-10-14(24)9-15(18(17)25)19-20(31-21(30-19)13-4-5-13)16-6-7-26-22(29-16)27-11-12(2)28-23(33)34/h6-7,9-10,12-13,28,32H,3-5,8,11H2,1-2H3,(H,30,31)(H,33,34)(H,26,27,29). The number of amides is 1. The number of aromatic amines is 1. The first kappa shape index (κ1) is 26.6. The molecular formula is C23H27ClFN7O4S. The summed E-state index contributed by atoms with van der Waals surface area (Å²) in [5, 5.41) is 14.3. The predicted octanol–water partition coefficient (Wildman–Crippen LogP) is 4.42. The van der Waals surface area contributed by atoms with E-state index in [1.165, 1.54) is 18.3 Å². The minimum absolute atomic E-state index is 0.0206. The van der Waals surface area contributed by atoms with Crippen molar-refractivity contribution in [3.63, 3.8) is 0 Å². The Labute approximate surface area is 218 Å². The molecule has 1 aliphatic rings. The molecule has 1 aromatic carbocycles. The van der Waals surface area contributed by atoms with Gasteiger partial charge in [0, 0.05) is 35.3 Å². The summed E-state index contributed by atoms with van der Waals surface area (Å²) in [5.41, 5.74) is 0.837. The second-order valence-electron chi connectivity index (χ2n) is 8.85. The summed E-state index contributed by atoms with van der Waals surface area (Å²) in [6.45, 7) is 3.64. The first-order chi connectivity index (χ1) is 17.6. The van der Waals surface area contributed by atoms with Crippen LogP contribution in [0.3, 0.4) is 0 Å². The zero-order chi connectivity index (χ0) is 26.7. The Kier molecular flexibility index (Phi) is 7.83. The number of halogens is 2. The SMILES string of the molecule is CCCS(=O)(=O)Nc1cc(Cl)cc(-c2nc(C3CC3)[nH]c2-c2ccnc(NCC(C)NC(=O)O)n2)c1F. The summed E-state index contributed by atoms with van der Waals surface area (Å²) in [4.78, 5) is 27.4. The van der Waals surface area contributed by atoms with Crippen LogP contribution in [0.15, 0.2) is 24.4 Å². The molecule has 11 nitrogen and oxygen atoms in total. The summed E-state index contributed by atoms with van der Waals surface area (Å²) in [6, 6.07) is 3.85. The van der Waals surface area contributed by atoms with Crippen molar-refractivity contribution in [2.75, 3.05) is 22.3 Å². The van der Waals surface area contributed by atoms with Crippen molar-refractivity contribution in [3.8, 4) is 22.6 Å². The topological polar surface area (TPSA) is 162 Å². The number of rotatable bonds is 11. The number of hydrogen-bond acceptors (Lipinski definition) is 7. The smallest absolute Gasteiger partial charge is 0.404 e. The molecule has 37 heavy (non-hydrogen) atoms. The number of H-pyrrole nitrogens is 1. The molecule has 2 aromatic heterocycles. The monoisotopic (exact) mass is 551 g/mol. The number of anilines is 2. The van der Waals surface area contributed by atoms with Crippen LogP contribution in [-0.2, 0) is 10.0 Å². The van der Waals surface area contributed by atoms with Gasteiger partial charge in [-0.3, -0.25) is 4.72 Å². The highest BCUT2D eigenvalue weighted by Gasteiger charge is 2.30. The van der Waals surface area contributed by atoms with Crippen molar-refractivity contribution in [1.82, 2.24) is 25.3 Å². The maximum absolute atomic E-state index is 15.7. The maximum atomic E-state index is 15.7. The Morgan fingerprint density at radius 1 is 1.32 bits per heavy atom. The molecule has 1 saturated carbocycles. The zero-order valence-corrected chi connectivity index (χ0v) is 21.7. The van der Waals surface area contributed by atoms with Gasteiger partial charge < -0.3 is 20.7 Å². The Morgan fingerprint density at radius 2 is 2.08 bits per heavy atom. The van der Waals surface area contributed by atoms with Crippen LogP contribution in [-0.4, -0.2) is 57.9 Å². The summed E-state index contributed by atoms with van der Waals surface area (Å²) in [7, 11) is -3.76. The van der Waals surface area contributed by atoms with Gasteiger partial charge in [-0.1, -0.05) is 18.5 Å². The number of hydrogen-bond donors (Lipinski definition) is 5. The van der Waals surface area contributed by atoms with E-state index in [1.807, 2.05) is 0 Å². The summed E-state index contributed by atoms with van der Waals surface area (Å²) < 4.78 is 42.6. The molecule has 1 unspecified atom stereocenters. The molecule has 5 N–H and O–H groups in total. The number of sulfonamides is 1. The van der Waals surface area contributed by atoms with Crippen molar-refractivity contribution in [3.05, 3.63) is 41.1 Å². The molecule has 0 radical (unpaired) electrons. The van der Waals surface area contributed by atoms with Crippen molar-refractivity contribution in [1.29, 1.82) is 0 Å². The van der Waals surface area contributed by atoms with Crippen LogP contribution in [0.5, 0.6) is 0 Å². The second-order valence-corrected chi connectivity index (χ2v) is 11.1. The third kappa shape index (κ3) is 6.66. The van der Waals surface area contributed by atoms with Crippen LogP contribution < -0.4 is 15.4 Å².